The van der Waals surface area contributed by atoms with Gasteiger partial charge in [0.1, 0.15) is 5.82 Å². The van der Waals surface area contributed by atoms with E-state index >= 15 is 0 Å². The van der Waals surface area contributed by atoms with E-state index in [2.05, 4.69) is 26.2 Å². The summed E-state index contributed by atoms with van der Waals surface area (Å²) in [5, 5.41) is 4.28. The second-order valence-corrected chi connectivity index (χ2v) is 6.17. The molecule has 2 nitrogen and oxygen atoms in total. The monoisotopic (exact) mass is 356 g/mol. The minimum absolute atomic E-state index is 0.327. The van der Waals surface area contributed by atoms with Crippen LogP contribution in [-0.2, 0) is 0 Å². The highest BCUT2D eigenvalue weighted by atomic mass is 79.9. The largest absolute Gasteiger partial charge is 0.328 e. The summed E-state index contributed by atoms with van der Waals surface area (Å²) in [6.45, 7) is 0. The molecule has 0 spiro atoms. The fourth-order valence-corrected chi connectivity index (χ4v) is 3.26. The maximum absolute atomic E-state index is 13.7. The van der Waals surface area contributed by atoms with E-state index in [0.29, 0.717) is 20.3 Å². The number of nitrogens with one attached hydrogen (secondary N) is 1. The Balaban J connectivity index is 2.01. The highest BCUT2D eigenvalue weighted by Crippen LogP contribution is 2.33. The Hall–Kier alpha value is -1.17. The lowest BCUT2D eigenvalue weighted by molar-refractivity contribution is 0.631. The third-order valence-corrected chi connectivity index (χ3v) is 4.37. The Labute approximate surface area is 126 Å². The fraction of sp³-hybridized carbons (Fsp3) is 0. The van der Waals surface area contributed by atoms with E-state index in [1.807, 2.05) is 12.1 Å². The maximum Gasteiger partial charge on any atom is 0.188 e. The molecule has 1 heterocycles. The molecule has 1 aromatic heterocycles. The van der Waals surface area contributed by atoms with Crippen LogP contribution in [0.4, 0.5) is 15.2 Å². The number of halogens is 3. The van der Waals surface area contributed by atoms with Gasteiger partial charge in [-0.25, -0.2) is 9.37 Å². The summed E-state index contributed by atoms with van der Waals surface area (Å²) in [4.78, 5) is 4.39. The van der Waals surface area contributed by atoms with E-state index in [0.717, 1.165) is 10.2 Å². The first-order chi connectivity index (χ1) is 9.13. The van der Waals surface area contributed by atoms with E-state index in [1.165, 1.54) is 17.4 Å². The first kappa shape index (κ1) is 12.8. The molecular weight excluding hydrogens is 351 g/mol. The summed E-state index contributed by atoms with van der Waals surface area (Å²) in [7, 11) is 0. The molecule has 6 heteroatoms. The molecule has 0 amide bonds. The molecule has 0 atom stereocenters. The van der Waals surface area contributed by atoms with Gasteiger partial charge in [0.25, 0.3) is 0 Å². The second kappa shape index (κ2) is 5.07. The van der Waals surface area contributed by atoms with E-state index in [-0.39, 0.29) is 5.82 Å². The van der Waals surface area contributed by atoms with Crippen molar-refractivity contribution in [3.05, 3.63) is 51.7 Å². The topological polar surface area (TPSA) is 24.9 Å². The van der Waals surface area contributed by atoms with Gasteiger partial charge >= 0.3 is 0 Å². The van der Waals surface area contributed by atoms with Gasteiger partial charge in [-0.2, -0.15) is 0 Å². The fourth-order valence-electron chi connectivity index (χ4n) is 1.68. The van der Waals surface area contributed by atoms with Gasteiger partial charge in [-0.3, -0.25) is 0 Å². The molecule has 19 heavy (non-hydrogen) atoms. The molecule has 2 aromatic carbocycles. The average Bonchev–Trinajstić information content (AvgIpc) is 2.75. The molecule has 3 rings (SSSR count). The molecule has 0 bridgehead atoms. The van der Waals surface area contributed by atoms with Gasteiger partial charge < -0.3 is 5.32 Å². The Morgan fingerprint density at radius 3 is 2.89 bits per heavy atom. The van der Waals surface area contributed by atoms with Crippen LogP contribution in [0.2, 0.25) is 5.02 Å². The minimum Gasteiger partial charge on any atom is -0.328 e. The van der Waals surface area contributed by atoms with Crippen LogP contribution in [0.5, 0.6) is 0 Å². The lowest BCUT2D eigenvalue weighted by Gasteiger charge is -2.05. The van der Waals surface area contributed by atoms with Gasteiger partial charge in [0, 0.05) is 9.50 Å². The molecule has 0 aliphatic heterocycles. The summed E-state index contributed by atoms with van der Waals surface area (Å²) in [5.74, 6) is -0.327. The second-order valence-electron chi connectivity index (χ2n) is 3.85. The minimum atomic E-state index is -0.327. The normalized spacial score (nSPS) is 10.9. The van der Waals surface area contributed by atoms with Crippen molar-refractivity contribution in [2.24, 2.45) is 0 Å². The Morgan fingerprint density at radius 2 is 2.11 bits per heavy atom. The van der Waals surface area contributed by atoms with Crippen molar-refractivity contribution in [3.63, 3.8) is 0 Å². The lowest BCUT2D eigenvalue weighted by atomic mass is 10.3. The van der Waals surface area contributed by atoms with Gasteiger partial charge in [0.05, 0.1) is 15.9 Å². The van der Waals surface area contributed by atoms with Gasteiger partial charge in [-0.15, -0.1) is 0 Å². The van der Waals surface area contributed by atoms with Crippen molar-refractivity contribution in [2.45, 2.75) is 0 Å². The SMILES string of the molecule is Fc1cccc(Br)c1Nc1nc2ccc(Cl)cc2s1. The van der Waals surface area contributed by atoms with Gasteiger partial charge in [-0.1, -0.05) is 29.0 Å². The summed E-state index contributed by atoms with van der Waals surface area (Å²) in [6, 6.07) is 10.3. The van der Waals surface area contributed by atoms with Crippen LogP contribution in [0.15, 0.2) is 40.9 Å². The lowest BCUT2D eigenvalue weighted by Crippen LogP contribution is -1.93. The molecule has 0 aliphatic rings. The maximum atomic E-state index is 13.7. The Kier molecular flexibility index (Phi) is 3.43. The molecular formula is C13H7BrClFN2S. The van der Waals surface area contributed by atoms with Crippen molar-refractivity contribution < 1.29 is 4.39 Å². The molecule has 96 valence electrons. The number of hydrogen-bond donors (Lipinski definition) is 1. The molecule has 1 N–H and O–H groups in total. The first-order valence-electron chi connectivity index (χ1n) is 5.40. The van der Waals surface area contributed by atoms with Crippen molar-refractivity contribution >= 4 is 59.9 Å². The van der Waals surface area contributed by atoms with Crippen LogP contribution in [0.25, 0.3) is 10.2 Å². The van der Waals surface area contributed by atoms with Crippen molar-refractivity contribution in [3.8, 4) is 0 Å². The Morgan fingerprint density at radius 1 is 1.26 bits per heavy atom. The molecule has 3 aromatic rings. The summed E-state index contributed by atoms with van der Waals surface area (Å²) in [6.07, 6.45) is 0. The zero-order valence-corrected chi connectivity index (χ0v) is 12.6. The molecule has 0 saturated carbocycles. The molecule has 0 radical (unpaired) electrons. The summed E-state index contributed by atoms with van der Waals surface area (Å²) in [5.41, 5.74) is 1.22. The van der Waals surface area contributed by atoms with Crippen LogP contribution in [-0.4, -0.2) is 4.98 Å². The van der Waals surface area contributed by atoms with Crippen LogP contribution in [0, 0.1) is 5.82 Å². The van der Waals surface area contributed by atoms with Crippen molar-refractivity contribution in [1.82, 2.24) is 4.98 Å². The number of fused-ring (bicyclic) bond motifs is 1. The number of para-hydroxylation sites is 1. The molecule has 0 unspecified atom stereocenters. The van der Waals surface area contributed by atoms with Gasteiger partial charge in [-0.05, 0) is 46.3 Å². The van der Waals surface area contributed by atoms with E-state index in [1.54, 1.807) is 18.2 Å². The highest BCUT2D eigenvalue weighted by molar-refractivity contribution is 9.10. The first-order valence-corrected chi connectivity index (χ1v) is 7.39. The third-order valence-electron chi connectivity index (χ3n) is 2.55. The highest BCUT2D eigenvalue weighted by Gasteiger charge is 2.10. The zero-order chi connectivity index (χ0) is 13.4. The van der Waals surface area contributed by atoms with Crippen LogP contribution < -0.4 is 5.32 Å². The predicted octanol–water partition coefficient (Wildman–Crippen LogP) is 5.59. The smallest absolute Gasteiger partial charge is 0.188 e. The average molecular weight is 358 g/mol. The third kappa shape index (κ3) is 2.59. The van der Waals surface area contributed by atoms with Crippen molar-refractivity contribution in [2.75, 3.05) is 5.32 Å². The van der Waals surface area contributed by atoms with Gasteiger partial charge in [0.15, 0.2) is 5.13 Å². The number of nitrogens with zero attached hydrogens (tertiary/aromatic N) is 1. The van der Waals surface area contributed by atoms with E-state index in [4.69, 9.17) is 11.6 Å². The van der Waals surface area contributed by atoms with E-state index in [9.17, 15) is 4.39 Å². The number of anilines is 2. The Bertz CT molecular complexity index is 739. The van der Waals surface area contributed by atoms with Gasteiger partial charge in [0.2, 0.25) is 0 Å². The number of benzene rings is 2. The number of aromatic nitrogens is 1. The number of hydrogen-bond acceptors (Lipinski definition) is 3. The number of rotatable bonds is 2. The van der Waals surface area contributed by atoms with Crippen LogP contribution in [0.1, 0.15) is 0 Å². The standard InChI is InChI=1S/C13H7BrClFN2S/c14-8-2-1-3-9(16)12(8)18-13-17-10-5-4-7(15)6-11(10)19-13/h1-6H,(H,17,18). The van der Waals surface area contributed by atoms with E-state index < -0.39 is 0 Å². The molecule has 0 aliphatic carbocycles. The number of thiazole rings is 1. The summed E-state index contributed by atoms with van der Waals surface area (Å²) < 4.78 is 15.3. The molecule has 0 saturated heterocycles. The van der Waals surface area contributed by atoms with Crippen molar-refractivity contribution in [1.29, 1.82) is 0 Å². The predicted molar refractivity (Wildman–Crippen MR) is 82.0 cm³/mol. The van der Waals surface area contributed by atoms with Crippen LogP contribution >= 0.6 is 38.9 Å². The zero-order valence-electron chi connectivity index (χ0n) is 9.45. The quantitative estimate of drug-likeness (QED) is 0.646. The van der Waals surface area contributed by atoms with Crippen LogP contribution in [0.3, 0.4) is 0 Å². The summed E-state index contributed by atoms with van der Waals surface area (Å²) >= 11 is 10.7. The molecule has 0 fully saturated rings.